The van der Waals surface area contributed by atoms with E-state index in [0.717, 1.165) is 25.7 Å². The van der Waals surface area contributed by atoms with E-state index >= 15 is 0 Å². The van der Waals surface area contributed by atoms with Crippen LogP contribution < -0.4 is 10.6 Å². The van der Waals surface area contributed by atoms with Crippen LogP contribution in [0.25, 0.3) is 0 Å². The largest absolute Gasteiger partial charge is 0.481 e. The molecule has 1 saturated carbocycles. The Morgan fingerprint density at radius 2 is 2.11 bits per heavy atom. The van der Waals surface area contributed by atoms with Crippen LogP contribution >= 0.6 is 0 Å². The maximum atomic E-state index is 11.9. The third-order valence-electron chi connectivity index (χ3n) is 4.08. The van der Waals surface area contributed by atoms with Crippen molar-refractivity contribution >= 4 is 12.0 Å². The van der Waals surface area contributed by atoms with Crippen LogP contribution in [0.3, 0.4) is 0 Å². The smallest absolute Gasteiger partial charge is 0.315 e. The summed E-state index contributed by atoms with van der Waals surface area (Å²) in [6.07, 6.45) is 4.04. The van der Waals surface area contributed by atoms with Gasteiger partial charge in [0.25, 0.3) is 0 Å². The summed E-state index contributed by atoms with van der Waals surface area (Å²) in [5, 5.41) is 14.7. The summed E-state index contributed by atoms with van der Waals surface area (Å²) in [4.78, 5) is 22.8. The monoisotopic (exact) mass is 256 g/mol. The molecular formula is C12H20N2O4. The van der Waals surface area contributed by atoms with Crippen molar-refractivity contribution in [3.8, 4) is 0 Å². The number of urea groups is 1. The van der Waals surface area contributed by atoms with E-state index in [4.69, 9.17) is 9.84 Å². The Balaban J connectivity index is 1.85. The number of ether oxygens (including phenoxy) is 1. The molecule has 102 valence electrons. The Kier molecular flexibility index (Phi) is 3.75. The number of carbonyl (C=O) groups excluding carboxylic acids is 1. The summed E-state index contributed by atoms with van der Waals surface area (Å²) in [6.45, 7) is 2.49. The Hall–Kier alpha value is -1.30. The first-order valence-electron chi connectivity index (χ1n) is 6.45. The normalized spacial score (nSPS) is 29.4. The van der Waals surface area contributed by atoms with Gasteiger partial charge < -0.3 is 20.5 Å². The third-order valence-corrected chi connectivity index (χ3v) is 4.08. The molecule has 2 fully saturated rings. The first-order valence-corrected chi connectivity index (χ1v) is 6.45. The van der Waals surface area contributed by atoms with E-state index in [1.807, 2.05) is 0 Å². The molecule has 6 nitrogen and oxygen atoms in total. The van der Waals surface area contributed by atoms with Crippen LogP contribution in [0, 0.1) is 5.92 Å². The van der Waals surface area contributed by atoms with E-state index in [9.17, 15) is 9.59 Å². The second-order valence-corrected chi connectivity index (χ2v) is 5.17. The highest BCUT2D eigenvalue weighted by Crippen LogP contribution is 2.34. The lowest BCUT2D eigenvalue weighted by Gasteiger charge is -2.42. The lowest BCUT2D eigenvalue weighted by Crippen LogP contribution is -2.58. The van der Waals surface area contributed by atoms with E-state index in [1.54, 1.807) is 0 Å². The molecule has 18 heavy (non-hydrogen) atoms. The number of carbonyl (C=O) groups is 2. The van der Waals surface area contributed by atoms with Crippen LogP contribution in [0.1, 0.15) is 32.6 Å². The van der Waals surface area contributed by atoms with Gasteiger partial charge in [-0.1, -0.05) is 6.92 Å². The second-order valence-electron chi connectivity index (χ2n) is 5.17. The minimum Gasteiger partial charge on any atom is -0.481 e. The minimum absolute atomic E-state index is 0.0811. The van der Waals surface area contributed by atoms with Crippen molar-refractivity contribution in [3.05, 3.63) is 0 Å². The minimum atomic E-state index is -0.924. The van der Waals surface area contributed by atoms with E-state index < -0.39 is 17.9 Å². The molecule has 2 aliphatic rings. The molecule has 2 unspecified atom stereocenters. The third kappa shape index (κ3) is 2.58. The molecule has 1 heterocycles. The highest BCUT2D eigenvalue weighted by molar-refractivity contribution is 5.77. The van der Waals surface area contributed by atoms with E-state index in [1.165, 1.54) is 0 Å². The van der Waals surface area contributed by atoms with Crippen LogP contribution in [0.15, 0.2) is 0 Å². The molecule has 1 aliphatic heterocycles. The number of carboxylic acids is 1. The quantitative estimate of drug-likeness (QED) is 0.691. The van der Waals surface area contributed by atoms with Gasteiger partial charge in [0, 0.05) is 5.54 Å². The predicted molar refractivity (Wildman–Crippen MR) is 64.3 cm³/mol. The Bertz CT molecular complexity index is 335. The summed E-state index contributed by atoms with van der Waals surface area (Å²) in [6, 6.07) is -0.713. The molecule has 1 aliphatic carbocycles. The van der Waals surface area contributed by atoms with Crippen molar-refractivity contribution < 1.29 is 19.4 Å². The fourth-order valence-electron chi connectivity index (χ4n) is 2.56. The van der Waals surface area contributed by atoms with E-state index in [0.29, 0.717) is 0 Å². The number of rotatable bonds is 4. The molecule has 1 saturated heterocycles. The average molecular weight is 256 g/mol. The van der Waals surface area contributed by atoms with Gasteiger partial charge in [0.15, 0.2) is 0 Å². The summed E-state index contributed by atoms with van der Waals surface area (Å²) in [5.41, 5.74) is -0.0811. The number of hydrogen-bond donors (Lipinski definition) is 3. The molecular weight excluding hydrogens is 236 g/mol. The number of hydrogen-bond acceptors (Lipinski definition) is 3. The molecule has 0 spiro atoms. The number of nitrogens with one attached hydrogen (secondary N) is 2. The SMILES string of the molecule is CCC1(NC(=O)NC2COCC2C(=O)O)CCC1. The van der Waals surface area contributed by atoms with Gasteiger partial charge in [-0.25, -0.2) is 4.79 Å². The van der Waals surface area contributed by atoms with Crippen molar-refractivity contribution in [1.29, 1.82) is 0 Å². The van der Waals surface area contributed by atoms with Gasteiger partial charge in [-0.15, -0.1) is 0 Å². The molecule has 2 atom stereocenters. The van der Waals surface area contributed by atoms with Crippen LogP contribution in [-0.2, 0) is 9.53 Å². The molecule has 0 aromatic heterocycles. The standard InChI is InChI=1S/C12H20N2O4/c1-2-12(4-3-5-12)14-11(17)13-9-7-18-6-8(9)10(15)16/h8-9H,2-7H2,1H3,(H,15,16)(H2,13,14,17). The van der Waals surface area contributed by atoms with Crippen molar-refractivity contribution in [1.82, 2.24) is 10.6 Å². The molecule has 2 rings (SSSR count). The number of carboxylic acid groups (broad SMARTS) is 1. The van der Waals surface area contributed by atoms with Crippen LogP contribution in [0.2, 0.25) is 0 Å². The summed E-state index contributed by atoms with van der Waals surface area (Å²) >= 11 is 0. The molecule has 0 bridgehead atoms. The van der Waals surface area contributed by atoms with E-state index in [-0.39, 0.29) is 24.8 Å². The van der Waals surface area contributed by atoms with Gasteiger partial charge in [-0.2, -0.15) is 0 Å². The van der Waals surface area contributed by atoms with Crippen LogP contribution in [0.4, 0.5) is 4.79 Å². The topological polar surface area (TPSA) is 87.7 Å². The maximum Gasteiger partial charge on any atom is 0.315 e. The molecule has 0 aromatic carbocycles. The summed E-state index contributed by atoms with van der Waals surface area (Å²) < 4.78 is 5.11. The highest BCUT2D eigenvalue weighted by Gasteiger charge is 2.39. The van der Waals surface area contributed by atoms with Crippen molar-refractivity contribution in [3.63, 3.8) is 0 Å². The second kappa shape index (κ2) is 5.14. The molecule has 2 amide bonds. The number of amides is 2. The molecule has 3 N–H and O–H groups in total. The van der Waals surface area contributed by atoms with Gasteiger partial charge in [0.05, 0.1) is 19.3 Å². The molecule has 0 radical (unpaired) electrons. The molecule has 6 heteroatoms. The lowest BCUT2D eigenvalue weighted by atomic mass is 9.75. The Labute approximate surface area is 106 Å². The predicted octanol–water partition coefficient (Wildman–Crippen LogP) is 0.718. The van der Waals surface area contributed by atoms with Gasteiger partial charge >= 0.3 is 12.0 Å². The fraction of sp³-hybridized carbons (Fsp3) is 0.833. The maximum absolute atomic E-state index is 11.9. The van der Waals surface area contributed by atoms with E-state index in [2.05, 4.69) is 17.6 Å². The van der Waals surface area contributed by atoms with Gasteiger partial charge in [-0.05, 0) is 25.7 Å². The highest BCUT2D eigenvalue weighted by atomic mass is 16.5. The zero-order chi connectivity index (χ0) is 13.2. The van der Waals surface area contributed by atoms with Crippen molar-refractivity contribution in [2.45, 2.75) is 44.2 Å². The molecule has 0 aromatic rings. The fourth-order valence-corrected chi connectivity index (χ4v) is 2.56. The first kappa shape index (κ1) is 13.1. The van der Waals surface area contributed by atoms with Gasteiger partial charge in [0.2, 0.25) is 0 Å². The number of aliphatic carboxylic acids is 1. The summed E-state index contributed by atoms with van der Waals surface area (Å²) in [7, 11) is 0. The van der Waals surface area contributed by atoms with Crippen LogP contribution in [-0.4, -0.2) is 41.9 Å². The van der Waals surface area contributed by atoms with Crippen molar-refractivity contribution in [2.24, 2.45) is 5.92 Å². The Morgan fingerprint density at radius 1 is 1.39 bits per heavy atom. The van der Waals surface area contributed by atoms with Gasteiger partial charge in [-0.3, -0.25) is 4.79 Å². The zero-order valence-corrected chi connectivity index (χ0v) is 10.6. The van der Waals surface area contributed by atoms with Crippen LogP contribution in [0.5, 0.6) is 0 Å². The summed E-state index contributed by atoms with van der Waals surface area (Å²) in [5.74, 6) is -1.57. The average Bonchev–Trinajstić information content (AvgIpc) is 2.71. The zero-order valence-electron chi connectivity index (χ0n) is 10.6. The van der Waals surface area contributed by atoms with Gasteiger partial charge in [0.1, 0.15) is 5.92 Å². The lowest BCUT2D eigenvalue weighted by molar-refractivity contribution is -0.142. The Morgan fingerprint density at radius 3 is 2.61 bits per heavy atom. The van der Waals surface area contributed by atoms with Crippen molar-refractivity contribution in [2.75, 3.05) is 13.2 Å². The first-order chi connectivity index (χ1) is 8.56.